The minimum Gasteiger partial charge on any atom is -0.483 e. The van der Waals surface area contributed by atoms with Crippen LogP contribution in [0.25, 0.3) is 0 Å². The molecule has 2 N–H and O–H groups in total. The second-order valence-electron chi connectivity index (χ2n) is 4.43. The van der Waals surface area contributed by atoms with Crippen molar-refractivity contribution in [3.05, 3.63) is 29.3 Å². The van der Waals surface area contributed by atoms with Gasteiger partial charge in [-0.2, -0.15) is 0 Å². The van der Waals surface area contributed by atoms with Crippen molar-refractivity contribution in [2.45, 2.75) is 26.5 Å². The second kappa shape index (κ2) is 7.76. The van der Waals surface area contributed by atoms with Gasteiger partial charge in [0.1, 0.15) is 5.75 Å². The summed E-state index contributed by atoms with van der Waals surface area (Å²) in [7, 11) is 1.58. The van der Waals surface area contributed by atoms with Gasteiger partial charge in [-0.3, -0.25) is 4.79 Å². The summed E-state index contributed by atoms with van der Waals surface area (Å²) in [5.41, 5.74) is 1.57. The first-order valence-electron chi connectivity index (χ1n) is 6.19. The fourth-order valence-electron chi connectivity index (χ4n) is 1.79. The number of benzene rings is 1. The van der Waals surface area contributed by atoms with Gasteiger partial charge in [-0.05, 0) is 19.4 Å². The number of hydrogen-bond acceptors (Lipinski definition) is 4. The van der Waals surface area contributed by atoms with Crippen LogP contribution in [0.1, 0.15) is 18.1 Å². The van der Waals surface area contributed by atoms with E-state index in [2.05, 4.69) is 5.32 Å². The van der Waals surface area contributed by atoms with E-state index in [1.165, 1.54) is 0 Å². The SMILES string of the molecule is COCC(C)NC(=O)COc1c(C)cccc1CO. The molecule has 0 saturated heterocycles. The van der Waals surface area contributed by atoms with Crippen LogP contribution < -0.4 is 10.1 Å². The maximum Gasteiger partial charge on any atom is 0.258 e. The van der Waals surface area contributed by atoms with Crippen molar-refractivity contribution in [3.8, 4) is 5.75 Å². The Labute approximate surface area is 113 Å². The van der Waals surface area contributed by atoms with Crippen LogP contribution in [-0.2, 0) is 16.1 Å². The molecular weight excluding hydrogens is 246 g/mol. The van der Waals surface area contributed by atoms with Gasteiger partial charge in [0.25, 0.3) is 5.91 Å². The Morgan fingerprint density at radius 3 is 2.84 bits per heavy atom. The summed E-state index contributed by atoms with van der Waals surface area (Å²) in [6, 6.07) is 5.43. The van der Waals surface area contributed by atoms with Gasteiger partial charge < -0.3 is 19.9 Å². The molecule has 1 amide bonds. The monoisotopic (exact) mass is 267 g/mol. The molecule has 0 spiro atoms. The molecule has 0 heterocycles. The fraction of sp³-hybridized carbons (Fsp3) is 0.500. The van der Waals surface area contributed by atoms with E-state index in [1.54, 1.807) is 13.2 Å². The smallest absolute Gasteiger partial charge is 0.258 e. The van der Waals surface area contributed by atoms with E-state index in [9.17, 15) is 9.90 Å². The standard InChI is InChI=1S/C14H21NO4/c1-10-5-4-6-12(7-16)14(10)19-9-13(17)15-11(2)8-18-3/h4-6,11,16H,7-9H2,1-3H3,(H,15,17). The molecule has 0 fully saturated rings. The van der Waals surface area contributed by atoms with Crippen LogP contribution in [0, 0.1) is 6.92 Å². The lowest BCUT2D eigenvalue weighted by Gasteiger charge is -2.15. The number of nitrogens with one attached hydrogen (secondary N) is 1. The average molecular weight is 267 g/mol. The predicted octanol–water partition coefficient (Wildman–Crippen LogP) is 1.02. The first-order valence-corrected chi connectivity index (χ1v) is 6.19. The van der Waals surface area contributed by atoms with Crippen molar-refractivity contribution in [3.63, 3.8) is 0 Å². The van der Waals surface area contributed by atoms with Crippen LogP contribution in [0.2, 0.25) is 0 Å². The van der Waals surface area contributed by atoms with Crippen LogP contribution >= 0.6 is 0 Å². The molecule has 0 aliphatic carbocycles. The predicted molar refractivity (Wildman–Crippen MR) is 72.1 cm³/mol. The van der Waals surface area contributed by atoms with E-state index < -0.39 is 0 Å². The third kappa shape index (κ3) is 4.89. The summed E-state index contributed by atoms with van der Waals surface area (Å²) < 4.78 is 10.4. The fourth-order valence-corrected chi connectivity index (χ4v) is 1.79. The third-order valence-electron chi connectivity index (χ3n) is 2.64. The molecule has 5 heteroatoms. The van der Waals surface area contributed by atoms with Crippen molar-refractivity contribution in [1.29, 1.82) is 0 Å². The molecule has 1 unspecified atom stereocenters. The number of amides is 1. The molecule has 0 aliphatic rings. The van der Waals surface area contributed by atoms with Gasteiger partial charge in [0, 0.05) is 18.7 Å². The average Bonchev–Trinajstić information content (AvgIpc) is 2.37. The number of aliphatic hydroxyl groups excluding tert-OH is 1. The molecule has 0 bridgehead atoms. The van der Waals surface area contributed by atoms with Crippen LogP contribution in [0.3, 0.4) is 0 Å². The molecule has 1 aromatic rings. The maximum atomic E-state index is 11.7. The van der Waals surface area contributed by atoms with Gasteiger partial charge in [-0.25, -0.2) is 0 Å². The molecular formula is C14H21NO4. The highest BCUT2D eigenvalue weighted by molar-refractivity contribution is 5.77. The van der Waals surface area contributed by atoms with E-state index in [0.717, 1.165) is 5.56 Å². The zero-order valence-corrected chi connectivity index (χ0v) is 11.6. The Morgan fingerprint density at radius 1 is 1.47 bits per heavy atom. The van der Waals surface area contributed by atoms with Crippen LogP contribution in [0.5, 0.6) is 5.75 Å². The second-order valence-corrected chi connectivity index (χ2v) is 4.43. The Hall–Kier alpha value is -1.59. The molecule has 1 aromatic carbocycles. The normalized spacial score (nSPS) is 12.0. The number of methoxy groups -OCH3 is 1. The van der Waals surface area contributed by atoms with Gasteiger partial charge in [0.15, 0.2) is 6.61 Å². The van der Waals surface area contributed by atoms with Crippen molar-refractivity contribution >= 4 is 5.91 Å². The number of aliphatic hydroxyl groups is 1. The Morgan fingerprint density at radius 2 is 2.21 bits per heavy atom. The van der Waals surface area contributed by atoms with Crippen molar-refractivity contribution in [2.75, 3.05) is 20.3 Å². The summed E-state index contributed by atoms with van der Waals surface area (Å²) in [5.74, 6) is 0.358. The number of para-hydroxylation sites is 1. The summed E-state index contributed by atoms with van der Waals surface area (Å²) in [5, 5.41) is 12.0. The molecule has 5 nitrogen and oxygen atoms in total. The van der Waals surface area contributed by atoms with E-state index in [1.807, 2.05) is 26.0 Å². The largest absolute Gasteiger partial charge is 0.483 e. The third-order valence-corrected chi connectivity index (χ3v) is 2.64. The van der Waals surface area contributed by atoms with Gasteiger partial charge >= 0.3 is 0 Å². The Balaban J connectivity index is 2.55. The molecule has 0 radical (unpaired) electrons. The molecule has 1 atom stereocenters. The quantitative estimate of drug-likeness (QED) is 0.774. The minimum atomic E-state index is -0.211. The highest BCUT2D eigenvalue weighted by Crippen LogP contribution is 2.23. The summed E-state index contributed by atoms with van der Waals surface area (Å²) in [4.78, 5) is 11.7. The van der Waals surface area contributed by atoms with E-state index >= 15 is 0 Å². The summed E-state index contributed by atoms with van der Waals surface area (Å²) in [6.07, 6.45) is 0. The summed E-state index contributed by atoms with van der Waals surface area (Å²) in [6.45, 7) is 4.00. The van der Waals surface area contributed by atoms with Gasteiger partial charge in [-0.1, -0.05) is 18.2 Å². The number of carbonyl (C=O) groups is 1. The first-order chi connectivity index (χ1) is 9.08. The topological polar surface area (TPSA) is 67.8 Å². The van der Waals surface area contributed by atoms with E-state index in [4.69, 9.17) is 9.47 Å². The zero-order valence-electron chi connectivity index (χ0n) is 11.6. The van der Waals surface area contributed by atoms with E-state index in [-0.39, 0.29) is 25.2 Å². The highest BCUT2D eigenvalue weighted by Gasteiger charge is 2.11. The van der Waals surface area contributed by atoms with Crippen molar-refractivity contribution in [2.24, 2.45) is 0 Å². The van der Waals surface area contributed by atoms with Gasteiger partial charge in [-0.15, -0.1) is 0 Å². The maximum absolute atomic E-state index is 11.7. The number of aryl methyl sites for hydroxylation is 1. The molecule has 106 valence electrons. The Bertz CT molecular complexity index is 420. The first kappa shape index (κ1) is 15.5. The molecule has 1 rings (SSSR count). The molecule has 0 aromatic heterocycles. The van der Waals surface area contributed by atoms with Crippen LogP contribution in [0.4, 0.5) is 0 Å². The van der Waals surface area contributed by atoms with Gasteiger partial charge in [0.2, 0.25) is 0 Å². The number of ether oxygens (including phenoxy) is 2. The highest BCUT2D eigenvalue weighted by atomic mass is 16.5. The van der Waals surface area contributed by atoms with Crippen LogP contribution in [0.15, 0.2) is 18.2 Å². The lowest BCUT2D eigenvalue weighted by molar-refractivity contribution is -0.124. The molecule has 0 aliphatic heterocycles. The molecule has 19 heavy (non-hydrogen) atoms. The zero-order chi connectivity index (χ0) is 14.3. The minimum absolute atomic E-state index is 0.0599. The lowest BCUT2D eigenvalue weighted by atomic mass is 10.1. The van der Waals surface area contributed by atoms with Crippen LogP contribution in [-0.4, -0.2) is 37.4 Å². The number of rotatable bonds is 7. The lowest BCUT2D eigenvalue weighted by Crippen LogP contribution is -2.38. The summed E-state index contributed by atoms with van der Waals surface area (Å²) >= 11 is 0. The van der Waals surface area contributed by atoms with Crippen molar-refractivity contribution < 1.29 is 19.4 Å². The Kier molecular flexibility index (Phi) is 6.32. The number of carbonyl (C=O) groups excluding carboxylic acids is 1. The number of hydrogen-bond donors (Lipinski definition) is 2. The van der Waals surface area contributed by atoms with E-state index in [0.29, 0.717) is 17.9 Å². The molecule has 0 saturated carbocycles. The van der Waals surface area contributed by atoms with Gasteiger partial charge in [0.05, 0.1) is 13.2 Å². The van der Waals surface area contributed by atoms with Crippen molar-refractivity contribution in [1.82, 2.24) is 5.32 Å².